The molecule has 0 unspecified atom stereocenters. The molecule has 2 aromatic carbocycles. The predicted molar refractivity (Wildman–Crippen MR) is 115 cm³/mol. The molecule has 6 nitrogen and oxygen atoms in total. The third kappa shape index (κ3) is 6.94. The summed E-state index contributed by atoms with van der Waals surface area (Å²) in [6, 6.07) is 16.2. The van der Waals surface area contributed by atoms with Gasteiger partial charge in [0.25, 0.3) is 11.8 Å². The van der Waals surface area contributed by atoms with E-state index in [1.54, 1.807) is 36.1 Å². The molecular formula is C22H26N2O4S. The number of benzene rings is 2. The van der Waals surface area contributed by atoms with Gasteiger partial charge in [-0.05, 0) is 57.2 Å². The molecule has 0 aliphatic rings. The van der Waals surface area contributed by atoms with Gasteiger partial charge < -0.3 is 15.0 Å². The summed E-state index contributed by atoms with van der Waals surface area (Å²) in [6.45, 7) is 6.51. The molecule has 0 fully saturated rings. The number of amides is 2. The van der Waals surface area contributed by atoms with Crippen molar-refractivity contribution in [2.45, 2.75) is 30.9 Å². The van der Waals surface area contributed by atoms with E-state index in [4.69, 9.17) is 4.74 Å². The lowest BCUT2D eigenvalue weighted by Gasteiger charge is -2.18. The minimum absolute atomic E-state index is 0.0493. The van der Waals surface area contributed by atoms with Gasteiger partial charge in [-0.3, -0.25) is 14.4 Å². The van der Waals surface area contributed by atoms with Crippen LogP contribution in [0.15, 0.2) is 59.5 Å². The molecular weight excluding hydrogens is 388 g/mol. The highest BCUT2D eigenvalue weighted by Gasteiger charge is 2.17. The highest BCUT2D eigenvalue weighted by Crippen LogP contribution is 2.23. The summed E-state index contributed by atoms with van der Waals surface area (Å²) in [5, 5.41) is 2.24. The molecule has 0 aromatic heterocycles. The van der Waals surface area contributed by atoms with Crippen LogP contribution < -0.4 is 5.32 Å². The zero-order valence-electron chi connectivity index (χ0n) is 16.9. The van der Waals surface area contributed by atoms with E-state index in [0.717, 1.165) is 4.90 Å². The summed E-state index contributed by atoms with van der Waals surface area (Å²) >= 11 is 1.38. The van der Waals surface area contributed by atoms with E-state index in [9.17, 15) is 14.4 Å². The largest absolute Gasteiger partial charge is 0.455 e. The van der Waals surface area contributed by atoms with Crippen LogP contribution in [0.2, 0.25) is 0 Å². The zero-order valence-corrected chi connectivity index (χ0v) is 17.7. The topological polar surface area (TPSA) is 75.7 Å². The average Bonchev–Trinajstić information content (AvgIpc) is 2.74. The lowest BCUT2D eigenvalue weighted by Crippen LogP contribution is -2.30. The SMILES string of the molecule is CCN(CC)C(=O)c1ccc(NC(=O)COC(=O)[C@@H](C)Sc2ccccc2)cc1. The maximum absolute atomic E-state index is 12.3. The summed E-state index contributed by atoms with van der Waals surface area (Å²) in [7, 11) is 0. The number of nitrogens with one attached hydrogen (secondary N) is 1. The van der Waals surface area contributed by atoms with Crippen molar-refractivity contribution in [1.82, 2.24) is 4.90 Å². The number of carbonyl (C=O) groups is 3. The molecule has 0 spiro atoms. The first-order chi connectivity index (χ1) is 13.9. The Morgan fingerprint density at radius 1 is 1.00 bits per heavy atom. The van der Waals surface area contributed by atoms with Gasteiger partial charge in [0, 0.05) is 29.2 Å². The highest BCUT2D eigenvalue weighted by atomic mass is 32.2. The molecule has 7 heteroatoms. The Labute approximate surface area is 175 Å². The van der Waals surface area contributed by atoms with Crippen molar-refractivity contribution in [3.63, 3.8) is 0 Å². The number of ether oxygens (including phenoxy) is 1. The first-order valence-electron chi connectivity index (χ1n) is 9.52. The van der Waals surface area contributed by atoms with E-state index in [1.807, 2.05) is 44.2 Å². The van der Waals surface area contributed by atoms with Crippen molar-refractivity contribution in [3.05, 3.63) is 60.2 Å². The Balaban J connectivity index is 1.81. The summed E-state index contributed by atoms with van der Waals surface area (Å²) in [5.41, 5.74) is 1.10. The number of hydrogen-bond acceptors (Lipinski definition) is 5. The number of carbonyl (C=O) groups excluding carboxylic acids is 3. The Morgan fingerprint density at radius 3 is 2.21 bits per heavy atom. The van der Waals surface area contributed by atoms with Crippen molar-refractivity contribution < 1.29 is 19.1 Å². The summed E-state index contributed by atoms with van der Waals surface area (Å²) in [5.74, 6) is -0.932. The third-order valence-electron chi connectivity index (χ3n) is 4.20. The van der Waals surface area contributed by atoms with Crippen LogP contribution in [0.3, 0.4) is 0 Å². The third-order valence-corrected chi connectivity index (χ3v) is 5.29. The van der Waals surface area contributed by atoms with E-state index in [0.29, 0.717) is 24.3 Å². The first kappa shape index (κ1) is 22.5. The van der Waals surface area contributed by atoms with Crippen LogP contribution in [-0.4, -0.2) is 47.6 Å². The number of hydrogen-bond donors (Lipinski definition) is 1. The predicted octanol–water partition coefficient (Wildman–Crippen LogP) is 3.83. The Morgan fingerprint density at radius 2 is 1.62 bits per heavy atom. The maximum atomic E-state index is 12.3. The molecule has 1 N–H and O–H groups in total. The standard InChI is InChI=1S/C22H26N2O4S/c1-4-24(5-2)21(26)17-11-13-18(14-12-17)23-20(25)15-28-22(27)16(3)29-19-9-7-6-8-10-19/h6-14,16H,4-5,15H2,1-3H3,(H,23,25)/t16-/m1/s1. The zero-order chi connectivity index (χ0) is 21.2. The highest BCUT2D eigenvalue weighted by molar-refractivity contribution is 8.00. The van der Waals surface area contributed by atoms with E-state index in [1.165, 1.54) is 11.8 Å². The molecule has 0 heterocycles. The quantitative estimate of drug-likeness (QED) is 0.499. The lowest BCUT2D eigenvalue weighted by molar-refractivity contribution is -0.146. The smallest absolute Gasteiger partial charge is 0.319 e. The normalized spacial score (nSPS) is 11.4. The van der Waals surface area contributed by atoms with Crippen molar-refractivity contribution in [3.8, 4) is 0 Å². The Kier molecular flexibility index (Phi) is 8.73. The monoisotopic (exact) mass is 414 g/mol. The van der Waals surface area contributed by atoms with Crippen molar-refractivity contribution in [2.24, 2.45) is 0 Å². The van der Waals surface area contributed by atoms with Gasteiger partial charge in [0.2, 0.25) is 0 Å². The first-order valence-corrected chi connectivity index (χ1v) is 10.4. The van der Waals surface area contributed by atoms with Crippen LogP contribution in [-0.2, 0) is 14.3 Å². The fourth-order valence-corrected chi connectivity index (χ4v) is 3.48. The van der Waals surface area contributed by atoms with Gasteiger partial charge in [-0.15, -0.1) is 11.8 Å². The molecule has 0 saturated carbocycles. The second kappa shape index (κ2) is 11.3. The van der Waals surface area contributed by atoms with E-state index >= 15 is 0 Å². The summed E-state index contributed by atoms with van der Waals surface area (Å²) < 4.78 is 5.10. The fraction of sp³-hybridized carbons (Fsp3) is 0.318. The number of thioether (sulfide) groups is 1. The number of rotatable bonds is 9. The fourth-order valence-electron chi connectivity index (χ4n) is 2.59. The molecule has 0 bridgehead atoms. The number of nitrogens with zero attached hydrogens (tertiary/aromatic N) is 1. The van der Waals surface area contributed by atoms with Gasteiger partial charge >= 0.3 is 5.97 Å². The summed E-state index contributed by atoms with van der Waals surface area (Å²) in [4.78, 5) is 39.1. The van der Waals surface area contributed by atoms with E-state index in [2.05, 4.69) is 5.32 Å². The molecule has 2 amide bonds. The van der Waals surface area contributed by atoms with Crippen LogP contribution in [0.25, 0.3) is 0 Å². The van der Waals surface area contributed by atoms with Gasteiger partial charge in [-0.1, -0.05) is 18.2 Å². The molecule has 29 heavy (non-hydrogen) atoms. The second-order valence-corrected chi connectivity index (χ2v) is 7.70. The molecule has 2 rings (SSSR count). The molecule has 2 aromatic rings. The van der Waals surface area contributed by atoms with Crippen LogP contribution in [0.1, 0.15) is 31.1 Å². The minimum atomic E-state index is -0.450. The molecule has 0 saturated heterocycles. The number of esters is 1. The molecule has 0 radical (unpaired) electrons. The summed E-state index contributed by atoms with van der Waals surface area (Å²) in [6.07, 6.45) is 0. The van der Waals surface area contributed by atoms with Crippen LogP contribution in [0.5, 0.6) is 0 Å². The van der Waals surface area contributed by atoms with E-state index in [-0.39, 0.29) is 12.5 Å². The van der Waals surface area contributed by atoms with Gasteiger partial charge in [-0.25, -0.2) is 0 Å². The lowest BCUT2D eigenvalue weighted by atomic mass is 10.2. The molecule has 0 aliphatic carbocycles. The molecule has 1 atom stereocenters. The van der Waals surface area contributed by atoms with Gasteiger partial charge in [0.05, 0.1) is 0 Å². The van der Waals surface area contributed by atoms with Crippen LogP contribution >= 0.6 is 11.8 Å². The van der Waals surface area contributed by atoms with Gasteiger partial charge in [0.15, 0.2) is 6.61 Å². The van der Waals surface area contributed by atoms with Crippen molar-refractivity contribution in [1.29, 1.82) is 0 Å². The molecule has 0 aliphatic heterocycles. The number of anilines is 1. The van der Waals surface area contributed by atoms with Crippen LogP contribution in [0, 0.1) is 0 Å². The molecule has 154 valence electrons. The minimum Gasteiger partial charge on any atom is -0.455 e. The van der Waals surface area contributed by atoms with E-state index < -0.39 is 17.1 Å². The van der Waals surface area contributed by atoms with Gasteiger partial charge in [-0.2, -0.15) is 0 Å². The van der Waals surface area contributed by atoms with Crippen molar-refractivity contribution >= 4 is 35.2 Å². The maximum Gasteiger partial charge on any atom is 0.319 e. The Bertz CT molecular complexity index is 820. The van der Waals surface area contributed by atoms with Crippen molar-refractivity contribution in [2.75, 3.05) is 25.0 Å². The van der Waals surface area contributed by atoms with Gasteiger partial charge in [0.1, 0.15) is 5.25 Å². The van der Waals surface area contributed by atoms with Crippen LogP contribution in [0.4, 0.5) is 5.69 Å². The second-order valence-electron chi connectivity index (χ2n) is 6.28. The average molecular weight is 415 g/mol. The Hall–Kier alpha value is -2.80.